The molecule has 1 fully saturated rings. The van der Waals surface area contributed by atoms with Crippen LogP contribution in [0.15, 0.2) is 103 Å². The van der Waals surface area contributed by atoms with E-state index in [-0.39, 0.29) is 5.57 Å². The second kappa shape index (κ2) is 10.2. The molecule has 196 valence electrons. The molecule has 6 nitrogen and oxygen atoms in total. The van der Waals surface area contributed by atoms with Crippen molar-refractivity contribution in [2.24, 2.45) is 0 Å². The number of hydrogen-bond donors (Lipinski definition) is 1. The number of urea groups is 1. The minimum atomic E-state index is -0.774. The van der Waals surface area contributed by atoms with Gasteiger partial charge in [0, 0.05) is 5.56 Å². The standard InChI is InChI=1S/C34H26N2O4/c1-21-14-16-30(22(2)18-21)36-33(38)29(32(37)35-34(36)39)19-28-27-13-6-4-9-24(27)15-17-31(28)40-20-25-11-7-10-23-8-3-5-12-26(23)25/h3-19H,20H2,1-2H3,(H,35,37,39)/b29-19+. The van der Waals surface area contributed by atoms with Crippen molar-refractivity contribution >= 4 is 51.2 Å². The smallest absolute Gasteiger partial charge is 0.335 e. The number of ether oxygens (including phenoxy) is 1. The number of amides is 4. The third kappa shape index (κ3) is 4.50. The van der Waals surface area contributed by atoms with Crippen LogP contribution in [-0.4, -0.2) is 17.8 Å². The number of imide groups is 2. The zero-order valence-corrected chi connectivity index (χ0v) is 22.1. The summed E-state index contributed by atoms with van der Waals surface area (Å²) in [4.78, 5) is 40.6. The summed E-state index contributed by atoms with van der Waals surface area (Å²) >= 11 is 0. The molecule has 1 heterocycles. The minimum Gasteiger partial charge on any atom is -0.488 e. The van der Waals surface area contributed by atoms with Crippen LogP contribution in [0.25, 0.3) is 27.6 Å². The molecule has 0 unspecified atom stereocenters. The van der Waals surface area contributed by atoms with E-state index in [1.807, 2.05) is 86.6 Å². The monoisotopic (exact) mass is 526 g/mol. The molecule has 1 N–H and O–H groups in total. The zero-order chi connectivity index (χ0) is 27.8. The summed E-state index contributed by atoms with van der Waals surface area (Å²) in [5.74, 6) is -0.910. The van der Waals surface area contributed by atoms with Gasteiger partial charge in [0.05, 0.1) is 5.69 Å². The van der Waals surface area contributed by atoms with Gasteiger partial charge in [-0.15, -0.1) is 0 Å². The van der Waals surface area contributed by atoms with E-state index in [0.717, 1.165) is 43.1 Å². The number of carbonyl (C=O) groups is 3. The number of anilines is 1. The molecule has 6 heteroatoms. The van der Waals surface area contributed by atoms with E-state index in [2.05, 4.69) is 23.5 Å². The first-order valence-corrected chi connectivity index (χ1v) is 13.0. The van der Waals surface area contributed by atoms with Crippen LogP contribution in [0, 0.1) is 13.8 Å². The van der Waals surface area contributed by atoms with Crippen molar-refractivity contribution in [3.63, 3.8) is 0 Å². The molecule has 0 radical (unpaired) electrons. The van der Waals surface area contributed by atoms with Crippen LogP contribution in [-0.2, 0) is 16.2 Å². The predicted octanol–water partition coefficient (Wildman–Crippen LogP) is 6.86. The maximum Gasteiger partial charge on any atom is 0.335 e. The van der Waals surface area contributed by atoms with E-state index < -0.39 is 17.8 Å². The van der Waals surface area contributed by atoms with Gasteiger partial charge >= 0.3 is 6.03 Å². The number of barbiturate groups is 1. The Labute approximate surface area is 231 Å². The highest BCUT2D eigenvalue weighted by Gasteiger charge is 2.37. The van der Waals surface area contributed by atoms with Gasteiger partial charge in [-0.2, -0.15) is 0 Å². The summed E-state index contributed by atoms with van der Waals surface area (Å²) < 4.78 is 6.35. The summed E-state index contributed by atoms with van der Waals surface area (Å²) in [6, 6.07) is 30.3. The molecule has 6 rings (SSSR count). The molecular formula is C34H26N2O4. The van der Waals surface area contributed by atoms with Crippen LogP contribution >= 0.6 is 0 Å². The first-order chi connectivity index (χ1) is 19.4. The summed E-state index contributed by atoms with van der Waals surface area (Å²) in [5, 5.41) is 6.29. The molecule has 40 heavy (non-hydrogen) atoms. The van der Waals surface area contributed by atoms with Crippen molar-refractivity contribution in [3.8, 4) is 5.75 Å². The SMILES string of the molecule is Cc1ccc(N2C(=O)NC(=O)/C(=C\c3c(OCc4cccc5ccccc45)ccc4ccccc34)C2=O)c(C)c1. The second-order valence-corrected chi connectivity index (χ2v) is 9.87. The molecule has 1 saturated heterocycles. The van der Waals surface area contributed by atoms with Crippen molar-refractivity contribution in [2.75, 3.05) is 4.90 Å². The second-order valence-electron chi connectivity index (χ2n) is 9.87. The van der Waals surface area contributed by atoms with Crippen LogP contribution < -0.4 is 15.0 Å². The van der Waals surface area contributed by atoms with Crippen molar-refractivity contribution in [2.45, 2.75) is 20.5 Å². The molecule has 0 atom stereocenters. The van der Waals surface area contributed by atoms with E-state index in [9.17, 15) is 14.4 Å². The van der Waals surface area contributed by atoms with E-state index in [1.54, 1.807) is 6.07 Å². The van der Waals surface area contributed by atoms with Gasteiger partial charge in [-0.3, -0.25) is 14.9 Å². The van der Waals surface area contributed by atoms with Gasteiger partial charge in [-0.05, 0) is 64.7 Å². The maximum atomic E-state index is 13.7. The van der Waals surface area contributed by atoms with Crippen molar-refractivity contribution in [1.82, 2.24) is 5.32 Å². The van der Waals surface area contributed by atoms with Gasteiger partial charge in [-0.25, -0.2) is 9.69 Å². The number of carbonyl (C=O) groups excluding carboxylic acids is 3. The molecule has 4 amide bonds. The fourth-order valence-corrected chi connectivity index (χ4v) is 5.20. The summed E-state index contributed by atoms with van der Waals surface area (Å²) in [5.41, 5.74) is 3.64. The first-order valence-electron chi connectivity index (χ1n) is 13.0. The van der Waals surface area contributed by atoms with Crippen LogP contribution in [0.2, 0.25) is 0 Å². The molecular weight excluding hydrogens is 500 g/mol. The van der Waals surface area contributed by atoms with E-state index >= 15 is 0 Å². The lowest BCUT2D eigenvalue weighted by molar-refractivity contribution is -0.122. The van der Waals surface area contributed by atoms with E-state index in [0.29, 0.717) is 23.6 Å². The number of rotatable bonds is 5. The summed E-state index contributed by atoms with van der Waals surface area (Å²) in [7, 11) is 0. The third-order valence-electron chi connectivity index (χ3n) is 7.18. The number of aryl methyl sites for hydroxylation is 2. The number of nitrogens with zero attached hydrogens (tertiary/aromatic N) is 1. The van der Waals surface area contributed by atoms with Gasteiger partial charge < -0.3 is 4.74 Å². The van der Waals surface area contributed by atoms with Crippen LogP contribution in [0.5, 0.6) is 5.75 Å². The third-order valence-corrected chi connectivity index (χ3v) is 7.18. The Hall–Kier alpha value is -5.23. The Morgan fingerprint density at radius 1 is 0.775 bits per heavy atom. The predicted molar refractivity (Wildman–Crippen MR) is 157 cm³/mol. The Bertz CT molecular complexity index is 1870. The van der Waals surface area contributed by atoms with Gasteiger partial charge in [-0.1, -0.05) is 90.5 Å². The van der Waals surface area contributed by atoms with Crippen LogP contribution in [0.3, 0.4) is 0 Å². The molecule has 1 aliphatic heterocycles. The largest absolute Gasteiger partial charge is 0.488 e. The lowest BCUT2D eigenvalue weighted by Crippen LogP contribution is -2.54. The maximum absolute atomic E-state index is 13.7. The number of fused-ring (bicyclic) bond motifs is 2. The number of hydrogen-bond acceptors (Lipinski definition) is 4. The van der Waals surface area contributed by atoms with E-state index in [4.69, 9.17) is 4.74 Å². The molecule has 1 aliphatic rings. The highest BCUT2D eigenvalue weighted by molar-refractivity contribution is 6.39. The highest BCUT2D eigenvalue weighted by atomic mass is 16.5. The zero-order valence-electron chi connectivity index (χ0n) is 22.1. The lowest BCUT2D eigenvalue weighted by Gasteiger charge is -2.28. The molecule has 0 bridgehead atoms. The number of benzene rings is 5. The normalized spacial score (nSPS) is 14.7. The molecule has 5 aromatic carbocycles. The van der Waals surface area contributed by atoms with Gasteiger partial charge in [0.25, 0.3) is 11.8 Å². The Balaban J connectivity index is 1.43. The van der Waals surface area contributed by atoms with Gasteiger partial charge in [0.15, 0.2) is 0 Å². The number of nitrogens with one attached hydrogen (secondary N) is 1. The Kier molecular flexibility index (Phi) is 6.36. The molecule has 0 aliphatic carbocycles. The van der Waals surface area contributed by atoms with Crippen LogP contribution in [0.4, 0.5) is 10.5 Å². The average Bonchev–Trinajstić information content (AvgIpc) is 2.95. The summed E-state index contributed by atoms with van der Waals surface area (Å²) in [6.07, 6.45) is 1.53. The Morgan fingerprint density at radius 3 is 2.25 bits per heavy atom. The lowest BCUT2D eigenvalue weighted by atomic mass is 9.99. The van der Waals surface area contributed by atoms with Crippen molar-refractivity contribution in [1.29, 1.82) is 0 Å². The van der Waals surface area contributed by atoms with Gasteiger partial charge in [0.2, 0.25) is 0 Å². The van der Waals surface area contributed by atoms with Crippen LogP contribution in [0.1, 0.15) is 22.3 Å². The van der Waals surface area contributed by atoms with Gasteiger partial charge in [0.1, 0.15) is 17.9 Å². The molecule has 0 aromatic heterocycles. The van der Waals surface area contributed by atoms with E-state index in [1.165, 1.54) is 6.08 Å². The topological polar surface area (TPSA) is 75.7 Å². The quantitative estimate of drug-likeness (QED) is 0.201. The molecule has 5 aromatic rings. The summed E-state index contributed by atoms with van der Waals surface area (Å²) in [6.45, 7) is 4.06. The fraction of sp³-hybridized carbons (Fsp3) is 0.0882. The first kappa shape index (κ1) is 25.1. The average molecular weight is 527 g/mol. The highest BCUT2D eigenvalue weighted by Crippen LogP contribution is 2.33. The van der Waals surface area contributed by atoms with Crippen molar-refractivity contribution < 1.29 is 19.1 Å². The minimum absolute atomic E-state index is 0.147. The Morgan fingerprint density at radius 2 is 1.48 bits per heavy atom. The van der Waals surface area contributed by atoms with Crippen molar-refractivity contribution in [3.05, 3.63) is 125 Å². The fourth-order valence-electron chi connectivity index (χ4n) is 5.20. The molecule has 0 saturated carbocycles. The molecule has 0 spiro atoms.